The molecule has 4 aromatic heterocycles. The first-order valence-corrected chi connectivity index (χ1v) is 18.7. The number of benzene rings is 7. The maximum Gasteiger partial charge on any atom is 0.164 e. The molecule has 0 saturated carbocycles. The zero-order valence-electron chi connectivity index (χ0n) is 30.2. The molecular formula is C50H32N6. The summed E-state index contributed by atoms with van der Waals surface area (Å²) in [7, 11) is 0. The topological polar surface area (TPSA) is 61.4 Å². The summed E-state index contributed by atoms with van der Waals surface area (Å²) in [6, 6.07) is 67.2. The monoisotopic (exact) mass is 716 g/mol. The Morgan fingerprint density at radius 3 is 1.23 bits per heavy atom. The third-order valence-electron chi connectivity index (χ3n) is 10.6. The van der Waals surface area contributed by atoms with Crippen LogP contribution in [-0.2, 0) is 0 Å². The van der Waals surface area contributed by atoms with Crippen LogP contribution < -0.4 is 0 Å². The van der Waals surface area contributed by atoms with Gasteiger partial charge in [0.15, 0.2) is 17.5 Å². The standard InChI is InChI=1S/C50H32N6/c1-5-17-34(18-6-1)48-52-49(35-19-7-2-8-20-35)54-50(53-48)36-31-29-33(30-32-36)44-46-43(39-25-13-15-27-41(39)55(46)37-21-9-3-10-22-37)47-45(51-44)40-26-14-16-28-42(40)56(47)38-23-11-4-12-24-38/h1-32H. The SMILES string of the molecule is c1ccc(-c2nc(-c3ccccc3)nc(-c3ccc(-c4nc5c6ccccc6n(-c6ccccc6)c5c5c6ccccc6n(-c6ccccc6)c45)cc3)n2)cc1. The Bertz CT molecular complexity index is 3150. The second-order valence-electron chi connectivity index (χ2n) is 13.9. The van der Waals surface area contributed by atoms with E-state index in [1.54, 1.807) is 0 Å². The molecule has 262 valence electrons. The first-order chi connectivity index (χ1) is 27.8. The Labute approximate surface area is 322 Å². The predicted octanol–water partition coefficient (Wildman–Crippen LogP) is 12.1. The van der Waals surface area contributed by atoms with E-state index in [0.717, 1.165) is 77.7 Å². The summed E-state index contributed by atoms with van der Waals surface area (Å²) in [4.78, 5) is 20.5. The summed E-state index contributed by atoms with van der Waals surface area (Å²) >= 11 is 0. The highest BCUT2D eigenvalue weighted by Gasteiger charge is 2.25. The second-order valence-corrected chi connectivity index (χ2v) is 13.9. The largest absolute Gasteiger partial charge is 0.307 e. The van der Waals surface area contributed by atoms with E-state index < -0.39 is 0 Å². The number of rotatable bonds is 6. The number of pyridine rings is 1. The summed E-state index contributed by atoms with van der Waals surface area (Å²) in [5, 5.41) is 3.43. The molecule has 0 radical (unpaired) electrons. The number of nitrogens with zero attached hydrogens (tertiary/aromatic N) is 6. The van der Waals surface area contributed by atoms with Crippen molar-refractivity contribution in [1.29, 1.82) is 0 Å². The highest BCUT2D eigenvalue weighted by atomic mass is 15.1. The van der Waals surface area contributed by atoms with Gasteiger partial charge in [-0.05, 0) is 36.4 Å². The molecular weight excluding hydrogens is 685 g/mol. The van der Waals surface area contributed by atoms with Crippen molar-refractivity contribution in [2.24, 2.45) is 0 Å². The molecule has 56 heavy (non-hydrogen) atoms. The molecule has 0 aliphatic carbocycles. The van der Waals surface area contributed by atoms with E-state index in [2.05, 4.69) is 143 Å². The first kappa shape index (κ1) is 31.8. The van der Waals surface area contributed by atoms with E-state index in [4.69, 9.17) is 19.9 Å². The number of para-hydroxylation sites is 4. The van der Waals surface area contributed by atoms with Crippen LogP contribution in [0, 0.1) is 0 Å². The number of hydrogen-bond acceptors (Lipinski definition) is 4. The highest BCUT2D eigenvalue weighted by Crippen LogP contribution is 2.44. The summed E-state index contributed by atoms with van der Waals surface area (Å²) in [6.45, 7) is 0. The van der Waals surface area contributed by atoms with E-state index >= 15 is 0 Å². The van der Waals surface area contributed by atoms with Gasteiger partial charge in [-0.25, -0.2) is 19.9 Å². The van der Waals surface area contributed by atoms with Crippen molar-refractivity contribution < 1.29 is 0 Å². The average molecular weight is 717 g/mol. The van der Waals surface area contributed by atoms with E-state index in [1.807, 2.05) is 60.7 Å². The molecule has 7 aromatic carbocycles. The molecule has 11 rings (SSSR count). The van der Waals surface area contributed by atoms with Crippen molar-refractivity contribution in [3.8, 4) is 56.8 Å². The van der Waals surface area contributed by atoms with E-state index in [9.17, 15) is 0 Å². The van der Waals surface area contributed by atoms with Gasteiger partial charge < -0.3 is 9.13 Å². The third-order valence-corrected chi connectivity index (χ3v) is 10.6. The predicted molar refractivity (Wildman–Crippen MR) is 228 cm³/mol. The molecule has 0 spiro atoms. The molecule has 0 amide bonds. The molecule has 0 N–H and O–H groups in total. The van der Waals surface area contributed by atoms with Gasteiger partial charge in [0.25, 0.3) is 0 Å². The van der Waals surface area contributed by atoms with Crippen LogP contribution in [0.15, 0.2) is 194 Å². The van der Waals surface area contributed by atoms with Gasteiger partial charge in [0.05, 0.1) is 33.3 Å². The zero-order valence-corrected chi connectivity index (χ0v) is 30.2. The summed E-state index contributed by atoms with van der Waals surface area (Å²) < 4.78 is 4.75. The van der Waals surface area contributed by atoms with Crippen LogP contribution >= 0.6 is 0 Å². The van der Waals surface area contributed by atoms with Crippen molar-refractivity contribution in [3.05, 3.63) is 194 Å². The lowest BCUT2D eigenvalue weighted by Crippen LogP contribution is -2.00. The summed E-state index contributed by atoms with van der Waals surface area (Å²) in [5.74, 6) is 1.88. The van der Waals surface area contributed by atoms with Gasteiger partial charge in [0.2, 0.25) is 0 Å². The van der Waals surface area contributed by atoms with Gasteiger partial charge in [-0.2, -0.15) is 0 Å². The molecule has 6 heteroatoms. The fourth-order valence-corrected chi connectivity index (χ4v) is 8.04. The first-order valence-electron chi connectivity index (χ1n) is 18.7. The van der Waals surface area contributed by atoms with Crippen molar-refractivity contribution in [2.45, 2.75) is 0 Å². The molecule has 6 nitrogen and oxygen atoms in total. The van der Waals surface area contributed by atoms with Gasteiger partial charge in [-0.3, -0.25) is 0 Å². The van der Waals surface area contributed by atoms with Crippen molar-refractivity contribution in [3.63, 3.8) is 0 Å². The van der Waals surface area contributed by atoms with Crippen LogP contribution in [0.3, 0.4) is 0 Å². The lowest BCUT2D eigenvalue weighted by molar-refractivity contribution is 1.07. The van der Waals surface area contributed by atoms with Gasteiger partial charge in [0, 0.05) is 49.8 Å². The minimum Gasteiger partial charge on any atom is -0.307 e. The van der Waals surface area contributed by atoms with E-state index in [-0.39, 0.29) is 0 Å². The molecule has 0 fully saturated rings. The van der Waals surface area contributed by atoms with Crippen molar-refractivity contribution in [2.75, 3.05) is 0 Å². The normalized spacial score (nSPS) is 11.6. The lowest BCUT2D eigenvalue weighted by atomic mass is 10.0. The van der Waals surface area contributed by atoms with Crippen LogP contribution in [0.1, 0.15) is 0 Å². The second kappa shape index (κ2) is 13.0. The average Bonchev–Trinajstić information content (AvgIpc) is 3.80. The zero-order chi connectivity index (χ0) is 37.0. The van der Waals surface area contributed by atoms with Crippen LogP contribution in [-0.4, -0.2) is 29.1 Å². The summed E-state index contributed by atoms with van der Waals surface area (Å²) in [6.07, 6.45) is 0. The Morgan fingerprint density at radius 2 is 0.696 bits per heavy atom. The van der Waals surface area contributed by atoms with E-state index in [1.165, 1.54) is 5.39 Å². The molecule has 0 bridgehead atoms. The quantitative estimate of drug-likeness (QED) is 0.172. The van der Waals surface area contributed by atoms with Crippen LogP contribution in [0.2, 0.25) is 0 Å². The van der Waals surface area contributed by atoms with Gasteiger partial charge in [0.1, 0.15) is 0 Å². The maximum atomic E-state index is 5.66. The molecule has 4 heterocycles. The van der Waals surface area contributed by atoms with Gasteiger partial charge in [-0.1, -0.05) is 158 Å². The fraction of sp³-hybridized carbons (Fsp3) is 0. The molecule has 0 saturated heterocycles. The number of hydrogen-bond donors (Lipinski definition) is 0. The molecule has 0 aliphatic rings. The minimum atomic E-state index is 0.613. The van der Waals surface area contributed by atoms with Crippen molar-refractivity contribution >= 4 is 43.7 Å². The molecule has 0 unspecified atom stereocenters. The summed E-state index contributed by atoms with van der Waals surface area (Å²) in [5.41, 5.74) is 12.2. The fourth-order valence-electron chi connectivity index (χ4n) is 8.04. The van der Waals surface area contributed by atoms with E-state index in [0.29, 0.717) is 17.5 Å². The Balaban J connectivity index is 1.19. The van der Waals surface area contributed by atoms with Gasteiger partial charge in [-0.15, -0.1) is 0 Å². The van der Waals surface area contributed by atoms with Crippen LogP contribution in [0.5, 0.6) is 0 Å². The Kier molecular flexibility index (Phi) is 7.38. The van der Waals surface area contributed by atoms with Gasteiger partial charge >= 0.3 is 0 Å². The number of fused-ring (bicyclic) bond motifs is 7. The van der Waals surface area contributed by atoms with Crippen LogP contribution in [0.25, 0.3) is 101 Å². The Hall–Kier alpha value is -7.70. The van der Waals surface area contributed by atoms with Crippen LogP contribution in [0.4, 0.5) is 0 Å². The number of aromatic nitrogens is 6. The molecule has 0 atom stereocenters. The third kappa shape index (κ3) is 5.11. The Morgan fingerprint density at radius 1 is 0.304 bits per heavy atom. The smallest absolute Gasteiger partial charge is 0.164 e. The highest BCUT2D eigenvalue weighted by molar-refractivity contribution is 6.27. The molecule has 0 aliphatic heterocycles. The maximum absolute atomic E-state index is 5.66. The minimum absolute atomic E-state index is 0.613. The van der Waals surface area contributed by atoms with Crippen molar-refractivity contribution in [1.82, 2.24) is 29.1 Å². The molecule has 11 aromatic rings. The lowest BCUT2D eigenvalue weighted by Gasteiger charge is -2.13.